The minimum atomic E-state index is 0.814. The number of thiophene rings is 1. The number of benzene rings is 1. The zero-order chi connectivity index (χ0) is 13.2. The maximum Gasteiger partial charge on any atom is 0.0469 e. The van der Waals surface area contributed by atoms with Crippen LogP contribution in [0.25, 0.3) is 10.4 Å². The number of anilines is 1. The van der Waals surface area contributed by atoms with Gasteiger partial charge in [-0.05, 0) is 36.7 Å². The molecule has 19 heavy (non-hydrogen) atoms. The van der Waals surface area contributed by atoms with Crippen molar-refractivity contribution in [1.82, 2.24) is 4.90 Å². The highest BCUT2D eigenvalue weighted by Gasteiger charge is 2.18. The third kappa shape index (κ3) is 2.78. The van der Waals surface area contributed by atoms with Crippen LogP contribution in [0.15, 0.2) is 35.7 Å². The van der Waals surface area contributed by atoms with E-state index in [4.69, 9.17) is 11.6 Å². The summed E-state index contributed by atoms with van der Waals surface area (Å²) >= 11 is 7.97. The first kappa shape index (κ1) is 13.0. The Hall–Kier alpha value is -1.03. The number of hydrogen-bond acceptors (Lipinski definition) is 3. The van der Waals surface area contributed by atoms with Crippen LogP contribution in [0.3, 0.4) is 0 Å². The number of rotatable bonds is 2. The third-order valence-electron chi connectivity index (χ3n) is 3.59. The summed E-state index contributed by atoms with van der Waals surface area (Å²) < 4.78 is 0. The van der Waals surface area contributed by atoms with E-state index in [1.807, 2.05) is 6.07 Å². The predicted molar refractivity (Wildman–Crippen MR) is 84.5 cm³/mol. The van der Waals surface area contributed by atoms with Crippen molar-refractivity contribution in [3.8, 4) is 10.4 Å². The number of nitrogens with zero attached hydrogens (tertiary/aromatic N) is 2. The standard InChI is InChI=1S/C15H17ClN2S/c1-17-6-8-18(9-7-17)14-11-12(16)4-5-13(14)15-3-2-10-19-15/h2-5,10-11H,6-9H2,1H3. The minimum Gasteiger partial charge on any atom is -0.368 e. The fourth-order valence-electron chi connectivity index (χ4n) is 2.45. The van der Waals surface area contributed by atoms with E-state index in [2.05, 4.69) is 46.5 Å². The molecule has 0 N–H and O–H groups in total. The Morgan fingerprint density at radius 2 is 1.89 bits per heavy atom. The molecular formula is C15H17ClN2S. The molecule has 3 rings (SSSR count). The molecule has 0 amide bonds. The van der Waals surface area contributed by atoms with Gasteiger partial charge >= 0.3 is 0 Å². The van der Waals surface area contributed by atoms with Crippen molar-refractivity contribution >= 4 is 28.6 Å². The molecule has 0 unspecified atom stereocenters. The summed E-state index contributed by atoms with van der Waals surface area (Å²) in [6.07, 6.45) is 0. The van der Waals surface area contributed by atoms with Gasteiger partial charge in [0.2, 0.25) is 0 Å². The van der Waals surface area contributed by atoms with Gasteiger partial charge in [0.1, 0.15) is 0 Å². The van der Waals surface area contributed by atoms with E-state index >= 15 is 0 Å². The number of halogens is 1. The van der Waals surface area contributed by atoms with E-state index in [1.54, 1.807) is 11.3 Å². The van der Waals surface area contributed by atoms with Crippen molar-refractivity contribution in [2.75, 3.05) is 38.1 Å². The first-order valence-electron chi connectivity index (χ1n) is 6.51. The third-order valence-corrected chi connectivity index (χ3v) is 4.73. The van der Waals surface area contributed by atoms with Gasteiger partial charge in [-0.15, -0.1) is 11.3 Å². The van der Waals surface area contributed by atoms with Crippen molar-refractivity contribution < 1.29 is 0 Å². The van der Waals surface area contributed by atoms with E-state index in [1.165, 1.54) is 16.1 Å². The van der Waals surface area contributed by atoms with Crippen molar-refractivity contribution in [1.29, 1.82) is 0 Å². The van der Waals surface area contributed by atoms with Gasteiger partial charge in [-0.25, -0.2) is 0 Å². The molecule has 1 aromatic heterocycles. The van der Waals surface area contributed by atoms with Gasteiger partial charge in [0.25, 0.3) is 0 Å². The highest BCUT2D eigenvalue weighted by molar-refractivity contribution is 7.13. The molecule has 2 heterocycles. The lowest BCUT2D eigenvalue weighted by molar-refractivity contribution is 0.313. The molecule has 2 aromatic rings. The van der Waals surface area contributed by atoms with Gasteiger partial charge in [-0.1, -0.05) is 17.7 Å². The second kappa shape index (κ2) is 5.53. The van der Waals surface area contributed by atoms with E-state index in [9.17, 15) is 0 Å². The monoisotopic (exact) mass is 292 g/mol. The quantitative estimate of drug-likeness (QED) is 0.830. The lowest BCUT2D eigenvalue weighted by Crippen LogP contribution is -2.44. The molecular weight excluding hydrogens is 276 g/mol. The summed E-state index contributed by atoms with van der Waals surface area (Å²) in [7, 11) is 2.18. The molecule has 2 nitrogen and oxygen atoms in total. The van der Waals surface area contributed by atoms with Crippen molar-refractivity contribution in [3.05, 3.63) is 40.7 Å². The van der Waals surface area contributed by atoms with Gasteiger partial charge in [-0.3, -0.25) is 0 Å². The van der Waals surface area contributed by atoms with Gasteiger partial charge in [0.15, 0.2) is 0 Å². The van der Waals surface area contributed by atoms with Crippen LogP contribution < -0.4 is 4.90 Å². The van der Waals surface area contributed by atoms with E-state index in [-0.39, 0.29) is 0 Å². The Balaban J connectivity index is 1.97. The zero-order valence-corrected chi connectivity index (χ0v) is 12.5. The lowest BCUT2D eigenvalue weighted by Gasteiger charge is -2.35. The van der Waals surface area contributed by atoms with Gasteiger partial charge in [0, 0.05) is 47.3 Å². The molecule has 0 radical (unpaired) electrons. The molecule has 0 saturated carbocycles. The molecule has 1 saturated heterocycles. The van der Waals surface area contributed by atoms with Crippen molar-refractivity contribution in [3.63, 3.8) is 0 Å². The zero-order valence-electron chi connectivity index (χ0n) is 11.0. The van der Waals surface area contributed by atoms with Crippen molar-refractivity contribution in [2.24, 2.45) is 0 Å². The normalized spacial score (nSPS) is 16.8. The molecule has 1 aromatic carbocycles. The number of likely N-dealkylation sites (N-methyl/N-ethyl adjacent to an activating group) is 1. The molecule has 0 atom stereocenters. The summed E-state index contributed by atoms with van der Waals surface area (Å²) in [4.78, 5) is 6.12. The summed E-state index contributed by atoms with van der Waals surface area (Å²) in [5.41, 5.74) is 2.56. The highest BCUT2D eigenvalue weighted by Crippen LogP contribution is 2.36. The van der Waals surface area contributed by atoms with Crippen LogP contribution in [-0.4, -0.2) is 38.1 Å². The second-order valence-corrected chi connectivity index (χ2v) is 6.31. The fourth-order valence-corrected chi connectivity index (χ4v) is 3.38. The predicted octanol–water partition coefficient (Wildman–Crippen LogP) is 3.82. The average molecular weight is 293 g/mol. The Kier molecular flexibility index (Phi) is 3.78. The lowest BCUT2D eigenvalue weighted by atomic mass is 10.1. The van der Waals surface area contributed by atoms with Crippen LogP contribution in [0, 0.1) is 0 Å². The molecule has 4 heteroatoms. The van der Waals surface area contributed by atoms with Crippen LogP contribution in [0.1, 0.15) is 0 Å². The molecule has 0 bridgehead atoms. The maximum atomic E-state index is 6.19. The van der Waals surface area contributed by atoms with Gasteiger partial charge in [-0.2, -0.15) is 0 Å². The van der Waals surface area contributed by atoms with Gasteiger partial charge < -0.3 is 9.80 Å². The number of piperazine rings is 1. The molecule has 0 spiro atoms. The SMILES string of the molecule is CN1CCN(c2cc(Cl)ccc2-c2cccs2)CC1. The molecule has 100 valence electrons. The first-order valence-corrected chi connectivity index (χ1v) is 7.77. The summed E-state index contributed by atoms with van der Waals surface area (Å²) in [5, 5.41) is 2.94. The Morgan fingerprint density at radius 3 is 2.58 bits per heavy atom. The Labute approximate surface area is 123 Å². The average Bonchev–Trinajstić information content (AvgIpc) is 2.93. The van der Waals surface area contributed by atoms with Crippen LogP contribution in [-0.2, 0) is 0 Å². The smallest absolute Gasteiger partial charge is 0.0469 e. The van der Waals surface area contributed by atoms with Gasteiger partial charge in [0.05, 0.1) is 0 Å². The topological polar surface area (TPSA) is 6.48 Å². The summed E-state index contributed by atoms with van der Waals surface area (Å²) in [6, 6.07) is 10.5. The first-order chi connectivity index (χ1) is 9.24. The molecule has 1 fully saturated rings. The van der Waals surface area contributed by atoms with E-state index < -0.39 is 0 Å². The van der Waals surface area contributed by atoms with E-state index in [0.717, 1.165) is 31.2 Å². The largest absolute Gasteiger partial charge is 0.368 e. The Morgan fingerprint density at radius 1 is 1.11 bits per heavy atom. The fraction of sp³-hybridized carbons (Fsp3) is 0.333. The van der Waals surface area contributed by atoms with Crippen LogP contribution in [0.4, 0.5) is 5.69 Å². The second-order valence-electron chi connectivity index (χ2n) is 4.93. The summed E-state index contributed by atoms with van der Waals surface area (Å²) in [5.74, 6) is 0. The van der Waals surface area contributed by atoms with E-state index in [0.29, 0.717) is 0 Å². The molecule has 0 aliphatic carbocycles. The number of hydrogen-bond donors (Lipinski definition) is 0. The highest BCUT2D eigenvalue weighted by atomic mass is 35.5. The van der Waals surface area contributed by atoms with Crippen LogP contribution >= 0.6 is 22.9 Å². The van der Waals surface area contributed by atoms with Crippen LogP contribution in [0.2, 0.25) is 5.02 Å². The Bertz CT molecular complexity index is 545. The van der Waals surface area contributed by atoms with Crippen LogP contribution in [0.5, 0.6) is 0 Å². The maximum absolute atomic E-state index is 6.19. The van der Waals surface area contributed by atoms with Crippen molar-refractivity contribution in [2.45, 2.75) is 0 Å². The molecule has 1 aliphatic rings. The summed E-state index contributed by atoms with van der Waals surface area (Å²) in [6.45, 7) is 4.34. The minimum absolute atomic E-state index is 0.814. The molecule has 1 aliphatic heterocycles.